The van der Waals surface area contributed by atoms with Crippen LogP contribution in [-0.2, 0) is 5.41 Å². The fourth-order valence-electron chi connectivity index (χ4n) is 9.24. The van der Waals surface area contributed by atoms with Gasteiger partial charge in [0.2, 0.25) is 0 Å². The summed E-state index contributed by atoms with van der Waals surface area (Å²) in [7, 11) is 0. The highest BCUT2D eigenvalue weighted by molar-refractivity contribution is 6.13. The maximum Gasteiger partial charge on any atom is 0.149 e. The molecule has 2 unspecified atom stereocenters. The molecule has 0 radical (unpaired) electrons. The number of fused-ring (bicyclic) bond motifs is 11. The van der Waals surface area contributed by atoms with Gasteiger partial charge < -0.3 is 14.1 Å². The molecule has 0 amide bonds. The predicted octanol–water partition coefficient (Wildman–Crippen LogP) is 12.8. The maximum absolute atomic E-state index is 7.20. The number of hydrogen-bond acceptors (Lipinski definition) is 3. The summed E-state index contributed by atoms with van der Waals surface area (Å²) >= 11 is 0. The molecule has 0 saturated carbocycles. The highest BCUT2D eigenvalue weighted by Crippen LogP contribution is 2.54. The molecule has 3 heteroatoms. The van der Waals surface area contributed by atoms with Crippen LogP contribution in [0, 0.1) is 0 Å². The Bertz CT molecular complexity index is 2820. The van der Waals surface area contributed by atoms with Crippen LogP contribution in [0.15, 0.2) is 174 Å². The number of rotatable bonds is 4. The first-order valence-electron chi connectivity index (χ1n) is 18.2. The first-order valence-corrected chi connectivity index (χ1v) is 18.2. The highest BCUT2D eigenvalue weighted by Gasteiger charge is 2.42. The molecular weight excluding hydrogens is 635 g/mol. The van der Waals surface area contributed by atoms with Crippen molar-refractivity contribution in [1.29, 1.82) is 0 Å². The van der Waals surface area contributed by atoms with E-state index in [1.165, 1.54) is 49.7 Å². The van der Waals surface area contributed by atoms with Crippen molar-refractivity contribution in [2.45, 2.75) is 31.3 Å². The van der Waals surface area contributed by atoms with Gasteiger partial charge in [0, 0.05) is 28.0 Å². The van der Waals surface area contributed by atoms with Gasteiger partial charge in [-0.1, -0.05) is 135 Å². The van der Waals surface area contributed by atoms with Crippen LogP contribution in [0.3, 0.4) is 0 Å². The fourth-order valence-corrected chi connectivity index (χ4v) is 9.24. The maximum atomic E-state index is 7.20. The van der Waals surface area contributed by atoms with Crippen LogP contribution in [0.5, 0.6) is 5.75 Å². The van der Waals surface area contributed by atoms with E-state index >= 15 is 0 Å². The van der Waals surface area contributed by atoms with Crippen molar-refractivity contribution in [3.05, 3.63) is 186 Å². The molecule has 11 rings (SSSR count). The van der Waals surface area contributed by atoms with Crippen molar-refractivity contribution in [2.75, 3.05) is 4.90 Å². The molecule has 3 nitrogen and oxygen atoms in total. The third kappa shape index (κ3) is 4.08. The van der Waals surface area contributed by atoms with E-state index in [2.05, 4.69) is 177 Å². The Morgan fingerprint density at radius 3 is 2.21 bits per heavy atom. The quantitative estimate of drug-likeness (QED) is 0.186. The average Bonchev–Trinajstić information content (AvgIpc) is 3.84. The van der Waals surface area contributed by atoms with E-state index in [4.69, 9.17) is 9.15 Å². The van der Waals surface area contributed by atoms with Gasteiger partial charge in [0.05, 0.1) is 16.8 Å². The van der Waals surface area contributed by atoms with Crippen molar-refractivity contribution in [3.8, 4) is 28.0 Å². The summed E-state index contributed by atoms with van der Waals surface area (Å²) < 4.78 is 13.7. The van der Waals surface area contributed by atoms with Gasteiger partial charge in [-0.05, 0) is 86.6 Å². The van der Waals surface area contributed by atoms with Gasteiger partial charge in [-0.2, -0.15) is 0 Å². The molecular formula is C49H35NO2. The third-order valence-electron chi connectivity index (χ3n) is 11.6. The SMILES string of the molecule is CC1(C)c2ccccc2-c2ccc(N(C3=CC=CC4c5c(cc(-c6ccccc6)c6ccccc56)OC34)c3cccc4oc5ccccc5c34)cc21. The predicted molar refractivity (Wildman–Crippen MR) is 214 cm³/mol. The van der Waals surface area contributed by atoms with E-state index in [0.717, 1.165) is 44.8 Å². The van der Waals surface area contributed by atoms with E-state index in [1.807, 2.05) is 6.07 Å². The lowest BCUT2D eigenvalue weighted by Gasteiger charge is -2.35. The summed E-state index contributed by atoms with van der Waals surface area (Å²) in [5.41, 5.74) is 13.8. The monoisotopic (exact) mass is 669 g/mol. The molecule has 0 spiro atoms. The van der Waals surface area contributed by atoms with Crippen molar-refractivity contribution in [1.82, 2.24) is 0 Å². The molecule has 0 saturated heterocycles. The third-order valence-corrected chi connectivity index (χ3v) is 11.6. The summed E-state index contributed by atoms with van der Waals surface area (Å²) in [4.78, 5) is 2.44. The van der Waals surface area contributed by atoms with Crippen LogP contribution >= 0.6 is 0 Å². The van der Waals surface area contributed by atoms with Crippen LogP contribution in [0.25, 0.3) is 55.0 Å². The van der Waals surface area contributed by atoms with Crippen molar-refractivity contribution >= 4 is 44.1 Å². The van der Waals surface area contributed by atoms with E-state index in [0.29, 0.717) is 0 Å². The Hall–Kier alpha value is -6.32. The Morgan fingerprint density at radius 1 is 0.596 bits per heavy atom. The molecule has 2 atom stereocenters. The Kier molecular flexibility index (Phi) is 6.13. The van der Waals surface area contributed by atoms with Crippen LogP contribution in [0.4, 0.5) is 11.4 Å². The fraction of sp³-hybridized carbons (Fsp3) is 0.102. The van der Waals surface area contributed by atoms with Gasteiger partial charge in [0.25, 0.3) is 0 Å². The molecule has 7 aromatic carbocycles. The molecule has 0 bridgehead atoms. The zero-order valence-electron chi connectivity index (χ0n) is 29.0. The standard InChI is InChI=1S/C49H35NO2/c1-49(2)39-21-10-8-17-33(39)34-27-26-31(28-40(34)49)50(41-22-13-25-44-47(41)36-19-9-11-24-43(36)51-44)42-23-12-20-37-46-35-18-7-6-16-32(35)38(29-45(46)52-48(37)42)30-14-4-3-5-15-30/h3-29,37,48H,1-2H3. The van der Waals surface area contributed by atoms with Gasteiger partial charge in [-0.15, -0.1) is 0 Å². The number of benzene rings is 7. The lowest BCUT2D eigenvalue weighted by Crippen LogP contribution is -2.33. The van der Waals surface area contributed by atoms with Gasteiger partial charge in [-0.25, -0.2) is 0 Å². The van der Waals surface area contributed by atoms with E-state index < -0.39 is 0 Å². The lowest BCUT2D eigenvalue weighted by molar-refractivity contribution is 0.253. The van der Waals surface area contributed by atoms with Crippen molar-refractivity contribution in [3.63, 3.8) is 0 Å². The summed E-state index contributed by atoms with van der Waals surface area (Å²) in [6.45, 7) is 4.70. The molecule has 2 aliphatic carbocycles. The van der Waals surface area contributed by atoms with Crippen molar-refractivity contribution < 1.29 is 9.15 Å². The van der Waals surface area contributed by atoms with Crippen LogP contribution in [0.1, 0.15) is 36.5 Å². The smallest absolute Gasteiger partial charge is 0.149 e. The molecule has 3 aliphatic rings. The first-order chi connectivity index (χ1) is 25.6. The second-order valence-corrected chi connectivity index (χ2v) is 14.8. The summed E-state index contributed by atoms with van der Waals surface area (Å²) in [5.74, 6) is 0.991. The minimum atomic E-state index is -0.235. The lowest BCUT2D eigenvalue weighted by atomic mass is 9.82. The first kappa shape index (κ1) is 29.4. The second-order valence-electron chi connectivity index (χ2n) is 14.8. The molecule has 0 fully saturated rings. The number of para-hydroxylation sites is 1. The zero-order valence-corrected chi connectivity index (χ0v) is 29.0. The largest absolute Gasteiger partial charge is 0.483 e. The summed E-state index contributed by atoms with van der Waals surface area (Å²) in [6.07, 6.45) is 6.56. The number of nitrogens with zero attached hydrogens (tertiary/aromatic N) is 1. The number of furan rings is 1. The average molecular weight is 670 g/mol. The van der Waals surface area contributed by atoms with Crippen LogP contribution < -0.4 is 9.64 Å². The highest BCUT2D eigenvalue weighted by atomic mass is 16.5. The number of allylic oxidation sites excluding steroid dienone is 2. The van der Waals surface area contributed by atoms with E-state index in [9.17, 15) is 0 Å². The van der Waals surface area contributed by atoms with Gasteiger partial charge in [-0.3, -0.25) is 0 Å². The second kappa shape index (κ2) is 10.8. The summed E-state index contributed by atoms with van der Waals surface area (Å²) in [5, 5.41) is 4.68. The molecule has 52 heavy (non-hydrogen) atoms. The summed E-state index contributed by atoms with van der Waals surface area (Å²) in [6, 6.07) is 52.4. The molecule has 0 N–H and O–H groups in total. The zero-order chi connectivity index (χ0) is 34.6. The van der Waals surface area contributed by atoms with Crippen LogP contribution in [0.2, 0.25) is 0 Å². The molecule has 2 heterocycles. The Balaban J connectivity index is 1.13. The van der Waals surface area contributed by atoms with E-state index in [1.54, 1.807) is 0 Å². The Labute approximate surface area is 302 Å². The Morgan fingerprint density at radius 2 is 1.33 bits per heavy atom. The number of anilines is 2. The minimum absolute atomic E-state index is 0.0441. The topological polar surface area (TPSA) is 25.6 Å². The normalized spacial score (nSPS) is 17.8. The van der Waals surface area contributed by atoms with Gasteiger partial charge in [0.15, 0.2) is 0 Å². The molecule has 8 aromatic rings. The number of hydrogen-bond donors (Lipinski definition) is 0. The van der Waals surface area contributed by atoms with Gasteiger partial charge in [0.1, 0.15) is 23.0 Å². The minimum Gasteiger partial charge on any atom is -0.483 e. The van der Waals surface area contributed by atoms with Crippen molar-refractivity contribution in [2.24, 2.45) is 0 Å². The van der Waals surface area contributed by atoms with Crippen LogP contribution in [-0.4, -0.2) is 6.10 Å². The molecule has 248 valence electrons. The number of ether oxygens (including phenoxy) is 1. The molecule has 1 aromatic heterocycles. The van der Waals surface area contributed by atoms with E-state index in [-0.39, 0.29) is 17.4 Å². The van der Waals surface area contributed by atoms with Gasteiger partial charge >= 0.3 is 0 Å². The molecule has 1 aliphatic heterocycles.